The second-order valence-corrected chi connectivity index (χ2v) is 6.53. The minimum Gasteiger partial charge on any atom is -0.377 e. The number of rotatable bonds is 18. The second-order valence-electron chi connectivity index (χ2n) is 6.53. The van der Waals surface area contributed by atoms with Gasteiger partial charge in [0.2, 0.25) is 0 Å². The Balaban J connectivity index is 2.45. The zero-order chi connectivity index (χ0) is 21.3. The Hall–Kier alpha value is -1.06. The highest BCUT2D eigenvalue weighted by Crippen LogP contribution is 2.07. The number of benzene rings is 1. The van der Waals surface area contributed by atoms with Gasteiger partial charge in [0, 0.05) is 20.3 Å². The molecule has 0 heterocycles. The molecule has 7 nitrogen and oxygen atoms in total. The summed E-state index contributed by atoms with van der Waals surface area (Å²) in [5, 5.41) is 0. The molecule has 2 unspecified atom stereocenters. The van der Waals surface area contributed by atoms with Gasteiger partial charge in [0.1, 0.15) is 12.2 Å². The predicted octanol–water partition coefficient (Wildman–Crippen LogP) is 3.40. The maximum Gasteiger partial charge on any atom is 0.154 e. The van der Waals surface area contributed by atoms with Crippen molar-refractivity contribution in [2.75, 3.05) is 46.8 Å². The van der Waals surface area contributed by atoms with Crippen molar-refractivity contribution < 1.29 is 33.2 Å². The van der Waals surface area contributed by atoms with Crippen LogP contribution in [0.3, 0.4) is 0 Å². The molecule has 4 atom stereocenters. The van der Waals surface area contributed by atoms with Crippen LogP contribution in [0, 0.1) is 0 Å². The molecule has 0 N–H and O–H groups in total. The topological polar surface area (TPSA) is 64.6 Å². The first-order valence-electron chi connectivity index (χ1n) is 10.3. The van der Waals surface area contributed by atoms with Crippen LogP contribution in [0.25, 0.3) is 0 Å². The molecule has 0 bridgehead atoms. The lowest BCUT2D eigenvalue weighted by atomic mass is 10.2. The summed E-state index contributed by atoms with van der Waals surface area (Å²) in [5.74, 6) is 0. The van der Waals surface area contributed by atoms with Gasteiger partial charge in [0.25, 0.3) is 0 Å². The lowest BCUT2D eigenvalue weighted by Crippen LogP contribution is -2.34. The summed E-state index contributed by atoms with van der Waals surface area (Å²) in [6.45, 7) is 10.8. The maximum atomic E-state index is 6.00. The zero-order valence-corrected chi connectivity index (χ0v) is 18.5. The van der Waals surface area contributed by atoms with Crippen LogP contribution < -0.4 is 0 Å². The van der Waals surface area contributed by atoms with Gasteiger partial charge in [-0.15, -0.1) is 0 Å². The largest absolute Gasteiger partial charge is 0.377 e. The first-order chi connectivity index (χ1) is 14.1. The summed E-state index contributed by atoms with van der Waals surface area (Å²) in [6, 6.07) is 10.0. The molecule has 0 aliphatic rings. The average Bonchev–Trinajstić information content (AvgIpc) is 2.72. The minimum absolute atomic E-state index is 0.209. The van der Waals surface area contributed by atoms with E-state index in [1.54, 1.807) is 7.11 Å². The van der Waals surface area contributed by atoms with Crippen molar-refractivity contribution in [2.24, 2.45) is 0 Å². The van der Waals surface area contributed by atoms with Crippen LogP contribution in [0.4, 0.5) is 0 Å². The fraction of sp³-hybridized carbons (Fsp3) is 0.727. The molecule has 29 heavy (non-hydrogen) atoms. The highest BCUT2D eigenvalue weighted by atomic mass is 16.7. The summed E-state index contributed by atoms with van der Waals surface area (Å²) in [7, 11) is 1.64. The van der Waals surface area contributed by atoms with E-state index >= 15 is 0 Å². The van der Waals surface area contributed by atoms with Crippen molar-refractivity contribution >= 4 is 0 Å². The summed E-state index contributed by atoms with van der Waals surface area (Å²) in [6.07, 6.45) is -1.03. The van der Waals surface area contributed by atoms with Gasteiger partial charge < -0.3 is 33.2 Å². The van der Waals surface area contributed by atoms with Crippen LogP contribution in [-0.4, -0.2) is 71.5 Å². The second kappa shape index (κ2) is 16.7. The molecule has 0 aliphatic carbocycles. The zero-order valence-electron chi connectivity index (χ0n) is 18.5. The van der Waals surface area contributed by atoms with Crippen molar-refractivity contribution in [3.05, 3.63) is 35.9 Å². The predicted molar refractivity (Wildman–Crippen MR) is 111 cm³/mol. The molecule has 0 saturated heterocycles. The lowest BCUT2D eigenvalue weighted by Gasteiger charge is -2.24. The van der Waals surface area contributed by atoms with E-state index in [0.717, 1.165) is 5.56 Å². The Morgan fingerprint density at radius 2 is 1.24 bits per heavy atom. The fourth-order valence-electron chi connectivity index (χ4n) is 2.51. The van der Waals surface area contributed by atoms with Crippen molar-refractivity contribution in [3.63, 3.8) is 0 Å². The molecule has 0 amide bonds. The van der Waals surface area contributed by atoms with Crippen LogP contribution in [0.1, 0.15) is 33.3 Å². The van der Waals surface area contributed by atoms with Crippen LogP contribution in [0.2, 0.25) is 0 Å². The van der Waals surface area contributed by atoms with E-state index in [1.807, 2.05) is 58.0 Å². The van der Waals surface area contributed by atoms with E-state index in [1.165, 1.54) is 0 Å². The van der Waals surface area contributed by atoms with Gasteiger partial charge in [0.15, 0.2) is 12.6 Å². The van der Waals surface area contributed by atoms with Gasteiger partial charge >= 0.3 is 0 Å². The Labute approximate surface area is 175 Å². The minimum atomic E-state index is -0.297. The number of ether oxygens (including phenoxy) is 7. The SMILES string of the molecule is CCOC(C)OC[C@H](CO[C@@H](COCc1ccccc1)COC(C)OCC)OC. The van der Waals surface area contributed by atoms with E-state index in [4.69, 9.17) is 33.2 Å². The normalized spacial score (nSPS) is 15.8. The quantitative estimate of drug-likeness (QED) is 0.341. The molecule has 7 heteroatoms. The van der Waals surface area contributed by atoms with Crippen molar-refractivity contribution in [1.29, 1.82) is 0 Å². The van der Waals surface area contributed by atoms with Gasteiger partial charge in [-0.05, 0) is 33.3 Å². The molecule has 0 aliphatic heterocycles. The molecular weight excluding hydrogens is 376 g/mol. The number of hydrogen-bond donors (Lipinski definition) is 0. The maximum absolute atomic E-state index is 6.00. The molecule has 0 fully saturated rings. The lowest BCUT2D eigenvalue weighted by molar-refractivity contribution is -0.176. The van der Waals surface area contributed by atoms with E-state index in [0.29, 0.717) is 46.2 Å². The molecule has 168 valence electrons. The van der Waals surface area contributed by atoms with Crippen LogP contribution in [0.5, 0.6) is 0 Å². The van der Waals surface area contributed by atoms with E-state index < -0.39 is 0 Å². The third-order valence-electron chi connectivity index (χ3n) is 4.10. The Morgan fingerprint density at radius 3 is 1.79 bits per heavy atom. The number of methoxy groups -OCH3 is 1. The molecule has 1 aromatic carbocycles. The van der Waals surface area contributed by atoms with Crippen LogP contribution >= 0.6 is 0 Å². The van der Waals surface area contributed by atoms with Crippen LogP contribution in [0.15, 0.2) is 30.3 Å². The van der Waals surface area contributed by atoms with Gasteiger partial charge in [-0.2, -0.15) is 0 Å². The fourth-order valence-corrected chi connectivity index (χ4v) is 2.51. The first-order valence-corrected chi connectivity index (χ1v) is 10.3. The van der Waals surface area contributed by atoms with Crippen LogP contribution in [-0.2, 0) is 39.8 Å². The smallest absolute Gasteiger partial charge is 0.154 e. The first kappa shape index (κ1) is 26.0. The van der Waals surface area contributed by atoms with E-state index in [2.05, 4.69) is 0 Å². The van der Waals surface area contributed by atoms with Gasteiger partial charge in [-0.25, -0.2) is 0 Å². The third-order valence-corrected chi connectivity index (χ3v) is 4.10. The molecule has 0 radical (unpaired) electrons. The average molecular weight is 415 g/mol. The Morgan fingerprint density at radius 1 is 0.690 bits per heavy atom. The van der Waals surface area contributed by atoms with Gasteiger partial charge in [-0.1, -0.05) is 30.3 Å². The summed E-state index contributed by atoms with van der Waals surface area (Å²) >= 11 is 0. The summed E-state index contributed by atoms with van der Waals surface area (Å²) < 4.78 is 39.4. The van der Waals surface area contributed by atoms with Crippen molar-refractivity contribution in [3.8, 4) is 0 Å². The molecule has 0 aromatic heterocycles. The highest BCUT2D eigenvalue weighted by molar-refractivity contribution is 5.13. The third kappa shape index (κ3) is 13.0. The Kier molecular flexibility index (Phi) is 15.0. The highest BCUT2D eigenvalue weighted by Gasteiger charge is 2.17. The molecular formula is C22H38O7. The number of hydrogen-bond acceptors (Lipinski definition) is 7. The summed E-state index contributed by atoms with van der Waals surface area (Å²) in [5.41, 5.74) is 1.11. The Bertz CT molecular complexity index is 485. The monoisotopic (exact) mass is 414 g/mol. The standard InChI is InChI=1S/C22H38O7/c1-6-25-18(3)27-15-21(23-5)16-29-22(17-28-19(4)26-7-2)14-24-13-20-11-9-8-10-12-20/h8-12,18-19,21-22H,6-7,13-17H2,1-5H3/t18?,19?,21-,22+/m1/s1. The molecule has 0 spiro atoms. The molecule has 1 aromatic rings. The van der Waals surface area contributed by atoms with E-state index in [9.17, 15) is 0 Å². The van der Waals surface area contributed by atoms with Crippen molar-refractivity contribution in [1.82, 2.24) is 0 Å². The van der Waals surface area contributed by atoms with Gasteiger partial charge in [-0.3, -0.25) is 0 Å². The molecule has 1 rings (SSSR count). The van der Waals surface area contributed by atoms with Crippen molar-refractivity contribution in [2.45, 2.75) is 59.1 Å². The summed E-state index contributed by atoms with van der Waals surface area (Å²) in [4.78, 5) is 0. The van der Waals surface area contributed by atoms with E-state index in [-0.39, 0.29) is 24.8 Å². The van der Waals surface area contributed by atoms with Gasteiger partial charge in [0.05, 0.1) is 33.0 Å². The molecule has 0 saturated carbocycles.